The number of nitrogens with zero attached hydrogens (tertiary/aromatic N) is 5. The number of pyridine rings is 1. The summed E-state index contributed by atoms with van der Waals surface area (Å²) < 4.78 is 1.62. The normalized spacial score (nSPS) is 16.1. The van der Waals surface area contributed by atoms with Crippen LogP contribution in [0.25, 0.3) is 0 Å². The Labute approximate surface area is 184 Å². The molecule has 158 valence electrons. The number of aryl methyl sites for hydroxylation is 1. The highest BCUT2D eigenvalue weighted by molar-refractivity contribution is 6.30. The Balaban J connectivity index is 1.24. The van der Waals surface area contributed by atoms with E-state index in [0.29, 0.717) is 35.8 Å². The zero-order valence-corrected chi connectivity index (χ0v) is 17.7. The summed E-state index contributed by atoms with van der Waals surface area (Å²) in [6.07, 6.45) is 7.48. The molecule has 8 nitrogen and oxygen atoms in total. The molecule has 1 fully saturated rings. The maximum atomic E-state index is 13.0. The molecule has 2 aliphatic heterocycles. The third-order valence-electron chi connectivity index (χ3n) is 5.67. The minimum Gasteiger partial charge on any atom is -0.377 e. The average molecular weight is 437 g/mol. The summed E-state index contributed by atoms with van der Waals surface area (Å²) in [7, 11) is 1.79. The van der Waals surface area contributed by atoms with Crippen molar-refractivity contribution in [2.75, 3.05) is 29.9 Å². The molecule has 0 aliphatic carbocycles. The molecule has 4 heterocycles. The summed E-state index contributed by atoms with van der Waals surface area (Å²) in [5, 5.41) is 8.10. The van der Waals surface area contributed by atoms with Crippen molar-refractivity contribution in [1.29, 1.82) is 0 Å². The minimum atomic E-state index is -0.0475. The lowest BCUT2D eigenvalue weighted by molar-refractivity contribution is 0.0625. The first kappa shape index (κ1) is 19.6. The number of amides is 2. The number of carbonyl (C=O) groups excluding carboxylic acids is 2. The fourth-order valence-corrected chi connectivity index (χ4v) is 4.24. The molecule has 2 aliphatic rings. The van der Waals surface area contributed by atoms with Gasteiger partial charge >= 0.3 is 0 Å². The van der Waals surface area contributed by atoms with Gasteiger partial charge in [-0.05, 0) is 36.2 Å². The predicted octanol–water partition coefficient (Wildman–Crippen LogP) is 2.61. The molecule has 0 bridgehead atoms. The molecule has 2 amide bonds. The van der Waals surface area contributed by atoms with Crippen LogP contribution in [0.3, 0.4) is 0 Å². The number of aromatic nitrogens is 3. The average Bonchev–Trinajstić information content (AvgIpc) is 3.17. The fraction of sp³-hybridized carbons (Fsp3) is 0.273. The van der Waals surface area contributed by atoms with Crippen LogP contribution in [0.1, 0.15) is 26.3 Å². The Kier molecular flexibility index (Phi) is 4.86. The Morgan fingerprint density at radius 2 is 2.03 bits per heavy atom. The lowest BCUT2D eigenvalue weighted by Gasteiger charge is -2.40. The van der Waals surface area contributed by atoms with Crippen LogP contribution in [0.15, 0.2) is 49.1 Å². The number of halogens is 1. The van der Waals surface area contributed by atoms with Gasteiger partial charge in [0.15, 0.2) is 0 Å². The molecule has 1 N–H and O–H groups in total. The SMILES string of the molecule is Cn1cc(C(=O)N2CC(Nc3cncc(N4CCc5cc(Cl)ccc5C4=O)c3)C2)cn1. The van der Waals surface area contributed by atoms with E-state index in [2.05, 4.69) is 15.4 Å². The minimum absolute atomic E-state index is 0.0179. The Bertz CT molecular complexity index is 1170. The summed E-state index contributed by atoms with van der Waals surface area (Å²) in [6.45, 7) is 1.79. The van der Waals surface area contributed by atoms with Crippen LogP contribution in [0.5, 0.6) is 0 Å². The van der Waals surface area contributed by atoms with E-state index < -0.39 is 0 Å². The van der Waals surface area contributed by atoms with Crippen LogP contribution in [0.2, 0.25) is 5.02 Å². The van der Waals surface area contributed by atoms with E-state index in [0.717, 1.165) is 23.4 Å². The summed E-state index contributed by atoms with van der Waals surface area (Å²) in [6, 6.07) is 7.45. The van der Waals surface area contributed by atoms with E-state index in [9.17, 15) is 9.59 Å². The second-order valence-electron chi connectivity index (χ2n) is 7.89. The third-order valence-corrected chi connectivity index (χ3v) is 5.91. The molecule has 31 heavy (non-hydrogen) atoms. The van der Waals surface area contributed by atoms with Gasteiger partial charge in [-0.1, -0.05) is 11.6 Å². The van der Waals surface area contributed by atoms with E-state index in [-0.39, 0.29) is 17.9 Å². The van der Waals surface area contributed by atoms with Gasteiger partial charge in [-0.2, -0.15) is 5.10 Å². The van der Waals surface area contributed by atoms with E-state index in [1.54, 1.807) is 58.4 Å². The monoisotopic (exact) mass is 436 g/mol. The smallest absolute Gasteiger partial charge is 0.258 e. The Hall–Kier alpha value is -3.39. The molecule has 0 atom stereocenters. The first-order valence-electron chi connectivity index (χ1n) is 10.1. The molecule has 1 aromatic carbocycles. The number of benzene rings is 1. The topological polar surface area (TPSA) is 83.4 Å². The van der Waals surface area contributed by atoms with Crippen molar-refractivity contribution >= 4 is 34.8 Å². The first-order valence-corrected chi connectivity index (χ1v) is 10.5. The number of hydrogen-bond donors (Lipinski definition) is 1. The lowest BCUT2D eigenvalue weighted by Crippen LogP contribution is -2.57. The molecule has 0 unspecified atom stereocenters. The molecular formula is C22H21ClN6O2. The highest BCUT2D eigenvalue weighted by Crippen LogP contribution is 2.28. The van der Waals surface area contributed by atoms with Gasteiger partial charge in [0.25, 0.3) is 11.8 Å². The van der Waals surface area contributed by atoms with Gasteiger partial charge in [-0.15, -0.1) is 0 Å². The lowest BCUT2D eigenvalue weighted by atomic mass is 9.99. The van der Waals surface area contributed by atoms with Crippen molar-refractivity contribution in [2.24, 2.45) is 7.05 Å². The van der Waals surface area contributed by atoms with Gasteiger partial charge in [-0.3, -0.25) is 19.3 Å². The standard InChI is InChI=1S/C22H21ClN6O2/c1-27-11-15(8-25-27)21(30)28-12-18(13-28)26-17-7-19(10-24-9-17)29-5-4-14-6-16(23)2-3-20(14)22(29)31/h2-3,6-11,18,26H,4-5,12-13H2,1H3. The zero-order valence-electron chi connectivity index (χ0n) is 17.0. The van der Waals surface area contributed by atoms with Crippen LogP contribution >= 0.6 is 11.6 Å². The summed E-state index contributed by atoms with van der Waals surface area (Å²) in [5.41, 5.74) is 3.82. The molecule has 0 radical (unpaired) electrons. The van der Waals surface area contributed by atoms with Crippen molar-refractivity contribution in [3.63, 3.8) is 0 Å². The fourth-order valence-electron chi connectivity index (χ4n) is 4.04. The first-order chi connectivity index (χ1) is 15.0. The van der Waals surface area contributed by atoms with Crippen molar-refractivity contribution < 1.29 is 9.59 Å². The third kappa shape index (κ3) is 3.74. The summed E-state index contributed by atoms with van der Waals surface area (Å²) in [4.78, 5) is 33.2. The second-order valence-corrected chi connectivity index (χ2v) is 8.33. The van der Waals surface area contributed by atoms with E-state index in [1.165, 1.54) is 0 Å². The van der Waals surface area contributed by atoms with Gasteiger partial charge in [0, 0.05) is 43.5 Å². The van der Waals surface area contributed by atoms with Gasteiger partial charge in [-0.25, -0.2) is 0 Å². The van der Waals surface area contributed by atoms with E-state index >= 15 is 0 Å². The van der Waals surface area contributed by atoms with Gasteiger partial charge in [0.1, 0.15) is 0 Å². The van der Waals surface area contributed by atoms with Crippen LogP contribution < -0.4 is 10.2 Å². The Morgan fingerprint density at radius 3 is 2.81 bits per heavy atom. The number of fused-ring (bicyclic) bond motifs is 1. The molecule has 3 aromatic rings. The predicted molar refractivity (Wildman–Crippen MR) is 118 cm³/mol. The molecule has 5 rings (SSSR count). The molecule has 2 aromatic heterocycles. The molecular weight excluding hydrogens is 416 g/mol. The summed E-state index contributed by atoms with van der Waals surface area (Å²) >= 11 is 6.06. The van der Waals surface area contributed by atoms with Gasteiger partial charge in [0.05, 0.1) is 41.6 Å². The number of likely N-dealkylation sites (tertiary alicyclic amines) is 1. The number of carbonyl (C=O) groups is 2. The zero-order chi connectivity index (χ0) is 21.5. The van der Waals surface area contributed by atoms with E-state index in [4.69, 9.17) is 11.6 Å². The summed E-state index contributed by atoms with van der Waals surface area (Å²) in [5.74, 6) is -0.0653. The Morgan fingerprint density at radius 1 is 1.19 bits per heavy atom. The number of anilines is 2. The number of hydrogen-bond acceptors (Lipinski definition) is 5. The highest BCUT2D eigenvalue weighted by atomic mass is 35.5. The van der Waals surface area contributed by atoms with Crippen molar-refractivity contribution in [3.8, 4) is 0 Å². The quantitative estimate of drug-likeness (QED) is 0.679. The molecule has 0 saturated carbocycles. The second kappa shape index (κ2) is 7.70. The van der Waals surface area contributed by atoms with E-state index in [1.807, 2.05) is 12.1 Å². The number of nitrogens with one attached hydrogen (secondary N) is 1. The van der Waals surface area contributed by atoms with Crippen LogP contribution in [0, 0.1) is 0 Å². The molecule has 0 spiro atoms. The van der Waals surface area contributed by atoms with Gasteiger partial charge in [0.2, 0.25) is 0 Å². The maximum absolute atomic E-state index is 13.0. The number of rotatable bonds is 4. The van der Waals surface area contributed by atoms with Crippen LogP contribution in [-0.2, 0) is 13.5 Å². The molecule has 1 saturated heterocycles. The van der Waals surface area contributed by atoms with Crippen molar-refractivity contribution in [2.45, 2.75) is 12.5 Å². The molecule has 9 heteroatoms. The van der Waals surface area contributed by atoms with Crippen molar-refractivity contribution in [3.05, 3.63) is 70.8 Å². The van der Waals surface area contributed by atoms with Crippen LogP contribution in [0.4, 0.5) is 11.4 Å². The van der Waals surface area contributed by atoms with Gasteiger partial charge < -0.3 is 15.1 Å². The highest BCUT2D eigenvalue weighted by Gasteiger charge is 2.32. The maximum Gasteiger partial charge on any atom is 0.258 e. The van der Waals surface area contributed by atoms with Crippen LogP contribution in [-0.4, -0.2) is 57.2 Å². The largest absolute Gasteiger partial charge is 0.377 e. The van der Waals surface area contributed by atoms with Crippen molar-refractivity contribution in [1.82, 2.24) is 19.7 Å².